The second-order valence-electron chi connectivity index (χ2n) is 4.34. The van der Waals surface area contributed by atoms with Crippen molar-refractivity contribution < 1.29 is 0 Å². The van der Waals surface area contributed by atoms with Crippen molar-refractivity contribution in [2.75, 3.05) is 12.4 Å². The van der Waals surface area contributed by atoms with Crippen LogP contribution in [0.4, 0.5) is 5.69 Å². The van der Waals surface area contributed by atoms with E-state index in [0.29, 0.717) is 0 Å². The minimum Gasteiger partial charge on any atom is -0.388 e. The third-order valence-electron chi connectivity index (χ3n) is 2.81. The molecule has 2 nitrogen and oxygen atoms in total. The molecule has 2 aromatic rings. The van der Waals surface area contributed by atoms with E-state index in [1.165, 1.54) is 16.0 Å². The molecule has 0 fully saturated rings. The van der Waals surface area contributed by atoms with Crippen molar-refractivity contribution in [2.24, 2.45) is 0 Å². The third kappa shape index (κ3) is 3.26. The van der Waals surface area contributed by atoms with Gasteiger partial charge >= 0.3 is 0 Å². The first kappa shape index (κ1) is 13.0. The number of nitrogens with zero attached hydrogens (tertiary/aromatic N) is 1. The Morgan fingerprint density at radius 1 is 1.17 bits per heavy atom. The first-order valence-corrected chi connectivity index (χ1v) is 7.00. The molecule has 1 aromatic carbocycles. The van der Waals surface area contributed by atoms with E-state index in [1.807, 2.05) is 31.1 Å². The first-order chi connectivity index (χ1) is 8.69. The van der Waals surface area contributed by atoms with Gasteiger partial charge in [0.25, 0.3) is 0 Å². The van der Waals surface area contributed by atoms with Crippen LogP contribution in [-0.2, 0) is 5.75 Å². The molecule has 0 amide bonds. The molecule has 1 heterocycles. The number of benzene rings is 1. The van der Waals surface area contributed by atoms with Crippen molar-refractivity contribution in [3.05, 3.63) is 53.3 Å². The van der Waals surface area contributed by atoms with Crippen LogP contribution in [0.5, 0.6) is 0 Å². The van der Waals surface area contributed by atoms with Crippen molar-refractivity contribution in [1.29, 1.82) is 0 Å². The lowest BCUT2D eigenvalue weighted by Crippen LogP contribution is -1.92. The Bertz CT molecular complexity index is 538. The first-order valence-electron chi connectivity index (χ1n) is 6.02. The average molecular weight is 258 g/mol. The van der Waals surface area contributed by atoms with Gasteiger partial charge in [-0.1, -0.05) is 17.7 Å². The minimum absolute atomic E-state index is 0.902. The van der Waals surface area contributed by atoms with Crippen molar-refractivity contribution in [2.45, 2.75) is 24.5 Å². The van der Waals surface area contributed by atoms with E-state index in [0.717, 1.165) is 17.1 Å². The number of anilines is 1. The maximum Gasteiger partial charge on any atom is 0.0526 e. The number of aryl methyl sites for hydroxylation is 2. The van der Waals surface area contributed by atoms with Crippen molar-refractivity contribution in [3.63, 3.8) is 0 Å². The van der Waals surface area contributed by atoms with Crippen LogP contribution < -0.4 is 5.32 Å². The fraction of sp³-hybridized carbons (Fsp3) is 0.267. The van der Waals surface area contributed by atoms with Crippen molar-refractivity contribution in [3.8, 4) is 0 Å². The Hall–Kier alpha value is -1.48. The van der Waals surface area contributed by atoms with E-state index >= 15 is 0 Å². The summed E-state index contributed by atoms with van der Waals surface area (Å²) in [5.41, 5.74) is 4.87. The van der Waals surface area contributed by atoms with E-state index in [1.54, 1.807) is 0 Å². The molecule has 18 heavy (non-hydrogen) atoms. The molecule has 0 aliphatic carbocycles. The molecule has 2 rings (SSSR count). The summed E-state index contributed by atoms with van der Waals surface area (Å²) in [6.07, 6.45) is 1.85. The molecule has 1 aromatic heterocycles. The van der Waals surface area contributed by atoms with E-state index in [2.05, 4.69) is 48.4 Å². The van der Waals surface area contributed by atoms with Crippen LogP contribution in [0.3, 0.4) is 0 Å². The summed E-state index contributed by atoms with van der Waals surface area (Å²) in [7, 11) is 1.93. The third-order valence-corrected chi connectivity index (χ3v) is 4.02. The van der Waals surface area contributed by atoms with Gasteiger partial charge in [-0.05, 0) is 37.6 Å². The van der Waals surface area contributed by atoms with Crippen molar-refractivity contribution in [1.82, 2.24) is 4.98 Å². The lowest BCUT2D eigenvalue weighted by Gasteiger charge is -2.07. The summed E-state index contributed by atoms with van der Waals surface area (Å²) in [4.78, 5) is 5.72. The molecular formula is C15H18N2S. The fourth-order valence-corrected chi connectivity index (χ4v) is 2.74. The van der Waals surface area contributed by atoms with Crippen LogP contribution in [0.1, 0.15) is 16.8 Å². The molecule has 0 saturated carbocycles. The smallest absolute Gasteiger partial charge is 0.0526 e. The Kier molecular flexibility index (Phi) is 4.26. The molecule has 0 unspecified atom stereocenters. The molecule has 0 spiro atoms. The molecule has 94 valence electrons. The van der Waals surface area contributed by atoms with Gasteiger partial charge in [0.15, 0.2) is 0 Å². The molecule has 0 aliphatic rings. The minimum atomic E-state index is 0.902. The lowest BCUT2D eigenvalue weighted by molar-refractivity contribution is 1.17. The summed E-state index contributed by atoms with van der Waals surface area (Å²) in [6, 6.07) is 10.6. The average Bonchev–Trinajstić information content (AvgIpc) is 2.38. The monoisotopic (exact) mass is 258 g/mol. The summed E-state index contributed by atoms with van der Waals surface area (Å²) >= 11 is 1.84. The Morgan fingerprint density at radius 2 is 2.00 bits per heavy atom. The van der Waals surface area contributed by atoms with Gasteiger partial charge in [0.1, 0.15) is 0 Å². The van der Waals surface area contributed by atoms with Crippen LogP contribution in [0, 0.1) is 13.8 Å². The summed E-state index contributed by atoms with van der Waals surface area (Å²) < 4.78 is 0. The normalized spacial score (nSPS) is 10.4. The molecule has 0 radical (unpaired) electrons. The van der Waals surface area contributed by atoms with Gasteiger partial charge in [-0.25, -0.2) is 0 Å². The second kappa shape index (κ2) is 5.91. The molecule has 0 saturated heterocycles. The number of aromatic nitrogens is 1. The number of hydrogen-bond acceptors (Lipinski definition) is 3. The topological polar surface area (TPSA) is 24.9 Å². The van der Waals surface area contributed by atoms with Crippen LogP contribution in [0.2, 0.25) is 0 Å². The fourth-order valence-electron chi connectivity index (χ4n) is 1.83. The van der Waals surface area contributed by atoms with Crippen LogP contribution in [0.15, 0.2) is 41.4 Å². The van der Waals surface area contributed by atoms with Gasteiger partial charge in [0, 0.05) is 29.6 Å². The number of rotatable bonds is 4. The SMILES string of the molecule is CNc1ccnc(CSc2ccc(C)cc2C)c1. The summed E-state index contributed by atoms with van der Waals surface area (Å²) in [5, 5.41) is 3.14. The highest BCUT2D eigenvalue weighted by Gasteiger charge is 2.02. The maximum absolute atomic E-state index is 4.39. The Morgan fingerprint density at radius 3 is 2.72 bits per heavy atom. The van der Waals surface area contributed by atoms with Gasteiger partial charge in [-0.2, -0.15) is 0 Å². The van der Waals surface area contributed by atoms with E-state index in [4.69, 9.17) is 0 Å². The highest BCUT2D eigenvalue weighted by Crippen LogP contribution is 2.26. The molecule has 1 N–H and O–H groups in total. The van der Waals surface area contributed by atoms with Crippen molar-refractivity contribution >= 4 is 17.4 Å². The van der Waals surface area contributed by atoms with Crippen LogP contribution in [-0.4, -0.2) is 12.0 Å². The number of hydrogen-bond donors (Lipinski definition) is 1. The lowest BCUT2D eigenvalue weighted by atomic mass is 10.2. The molecular weight excluding hydrogens is 240 g/mol. The zero-order chi connectivity index (χ0) is 13.0. The molecule has 3 heteroatoms. The number of thioether (sulfide) groups is 1. The predicted molar refractivity (Wildman–Crippen MR) is 79.3 cm³/mol. The summed E-state index contributed by atoms with van der Waals surface area (Å²) in [5.74, 6) is 0.902. The second-order valence-corrected chi connectivity index (χ2v) is 5.36. The zero-order valence-electron chi connectivity index (χ0n) is 11.0. The molecule has 0 aliphatic heterocycles. The standard InChI is InChI=1S/C15H18N2S/c1-11-4-5-15(12(2)8-11)18-10-14-9-13(16-3)6-7-17-14/h4-9H,10H2,1-3H3,(H,16,17). The quantitative estimate of drug-likeness (QED) is 0.838. The van der Waals surface area contributed by atoms with Gasteiger partial charge in [0.2, 0.25) is 0 Å². The highest BCUT2D eigenvalue weighted by molar-refractivity contribution is 7.98. The van der Waals surface area contributed by atoms with E-state index < -0.39 is 0 Å². The zero-order valence-corrected chi connectivity index (χ0v) is 11.8. The molecule has 0 atom stereocenters. The van der Waals surface area contributed by atoms with Gasteiger partial charge in [-0.15, -0.1) is 11.8 Å². The maximum atomic E-state index is 4.39. The van der Waals surface area contributed by atoms with Gasteiger partial charge in [-0.3, -0.25) is 4.98 Å². The van der Waals surface area contributed by atoms with E-state index in [-0.39, 0.29) is 0 Å². The molecule has 0 bridgehead atoms. The highest BCUT2D eigenvalue weighted by atomic mass is 32.2. The van der Waals surface area contributed by atoms with Crippen LogP contribution >= 0.6 is 11.8 Å². The number of nitrogens with one attached hydrogen (secondary N) is 1. The number of pyridine rings is 1. The summed E-state index contributed by atoms with van der Waals surface area (Å²) in [6.45, 7) is 4.28. The largest absolute Gasteiger partial charge is 0.388 e. The Labute approximate surface area is 113 Å². The van der Waals surface area contributed by atoms with Crippen LogP contribution in [0.25, 0.3) is 0 Å². The van der Waals surface area contributed by atoms with E-state index in [9.17, 15) is 0 Å². The van der Waals surface area contributed by atoms with Gasteiger partial charge in [0.05, 0.1) is 5.69 Å². The predicted octanol–water partition coefficient (Wildman–Crippen LogP) is 4.03. The van der Waals surface area contributed by atoms with Gasteiger partial charge < -0.3 is 5.32 Å². The Balaban J connectivity index is 2.06.